The molecule has 0 bridgehead atoms. The van der Waals surface area contributed by atoms with E-state index in [1.54, 1.807) is 4.68 Å². The van der Waals surface area contributed by atoms with Crippen LogP contribution in [0.1, 0.15) is 30.5 Å². The van der Waals surface area contributed by atoms with Gasteiger partial charge in [0.25, 0.3) is 0 Å². The van der Waals surface area contributed by atoms with Crippen LogP contribution < -0.4 is 5.32 Å². The monoisotopic (exact) mass is 241 g/mol. The minimum absolute atomic E-state index is 0.695. The van der Waals surface area contributed by atoms with E-state index in [-0.39, 0.29) is 0 Å². The second-order valence-corrected chi connectivity index (χ2v) is 5.21. The van der Waals surface area contributed by atoms with Crippen molar-refractivity contribution in [2.45, 2.75) is 38.6 Å². The smallest absolute Gasteiger partial charge is 0.130 e. The Morgan fingerprint density at radius 2 is 2.25 bits per heavy atom. The van der Waals surface area contributed by atoms with E-state index in [4.69, 9.17) is 11.6 Å². The Bertz CT molecular complexity index is 373. The first kappa shape index (κ1) is 11.9. The molecule has 2 rings (SSSR count). The van der Waals surface area contributed by atoms with E-state index in [1.165, 1.54) is 24.8 Å². The van der Waals surface area contributed by atoms with Crippen molar-refractivity contribution < 1.29 is 0 Å². The van der Waals surface area contributed by atoms with Crippen LogP contribution in [0.2, 0.25) is 5.15 Å². The summed E-state index contributed by atoms with van der Waals surface area (Å²) in [5.74, 6) is 0.762. The molecule has 0 saturated heterocycles. The lowest BCUT2D eigenvalue weighted by Crippen LogP contribution is -2.21. The highest BCUT2D eigenvalue weighted by Crippen LogP contribution is 2.31. The van der Waals surface area contributed by atoms with E-state index < -0.39 is 0 Å². The molecule has 1 aromatic heterocycles. The molecule has 0 amide bonds. The Balaban J connectivity index is 2.04. The molecule has 0 aliphatic heterocycles. The van der Waals surface area contributed by atoms with Crippen LogP contribution in [-0.4, -0.2) is 22.9 Å². The maximum Gasteiger partial charge on any atom is 0.130 e. The zero-order valence-electron chi connectivity index (χ0n) is 10.3. The van der Waals surface area contributed by atoms with E-state index in [1.807, 2.05) is 14.0 Å². The van der Waals surface area contributed by atoms with Crippen molar-refractivity contribution in [2.75, 3.05) is 7.05 Å². The summed E-state index contributed by atoms with van der Waals surface area (Å²) in [5, 5.41) is 8.53. The van der Waals surface area contributed by atoms with Crippen LogP contribution in [0.25, 0.3) is 0 Å². The van der Waals surface area contributed by atoms with Crippen molar-refractivity contribution in [1.29, 1.82) is 0 Å². The Labute approximate surface area is 102 Å². The fraction of sp³-hybridized carbons (Fsp3) is 0.750. The molecule has 16 heavy (non-hydrogen) atoms. The molecule has 1 aromatic rings. The molecule has 0 aromatic carbocycles. The van der Waals surface area contributed by atoms with Crippen LogP contribution in [0.15, 0.2) is 0 Å². The van der Waals surface area contributed by atoms with Crippen LogP contribution in [0.3, 0.4) is 0 Å². The number of hydrogen-bond acceptors (Lipinski definition) is 2. The van der Waals surface area contributed by atoms with Crippen LogP contribution in [0.5, 0.6) is 0 Å². The minimum Gasteiger partial charge on any atom is -0.317 e. The normalized spacial score (nSPS) is 25.2. The van der Waals surface area contributed by atoms with Gasteiger partial charge in [0, 0.05) is 18.7 Å². The Morgan fingerprint density at radius 3 is 2.75 bits per heavy atom. The first-order valence-electron chi connectivity index (χ1n) is 5.97. The van der Waals surface area contributed by atoms with Gasteiger partial charge in [-0.05, 0) is 45.6 Å². The van der Waals surface area contributed by atoms with Gasteiger partial charge >= 0.3 is 0 Å². The van der Waals surface area contributed by atoms with Crippen molar-refractivity contribution in [3.05, 3.63) is 16.4 Å². The van der Waals surface area contributed by atoms with E-state index >= 15 is 0 Å². The average Bonchev–Trinajstić information content (AvgIpc) is 2.80. The standard InChI is InChI=1S/C12H20ClN3/c1-8-11(12(13)16(3)15-8)7-9-4-5-10(6-9)14-2/h9-10,14H,4-7H2,1-3H3. The molecular weight excluding hydrogens is 222 g/mol. The number of rotatable bonds is 3. The highest BCUT2D eigenvalue weighted by molar-refractivity contribution is 6.30. The van der Waals surface area contributed by atoms with Crippen molar-refractivity contribution >= 4 is 11.6 Å². The lowest BCUT2D eigenvalue weighted by Gasteiger charge is -2.10. The third-order valence-electron chi connectivity index (χ3n) is 3.71. The number of hydrogen-bond donors (Lipinski definition) is 1. The molecule has 0 spiro atoms. The lowest BCUT2D eigenvalue weighted by molar-refractivity contribution is 0.509. The van der Waals surface area contributed by atoms with E-state index in [9.17, 15) is 0 Å². The average molecular weight is 242 g/mol. The van der Waals surface area contributed by atoms with Crippen molar-refractivity contribution in [2.24, 2.45) is 13.0 Å². The second-order valence-electron chi connectivity index (χ2n) is 4.85. The van der Waals surface area contributed by atoms with Gasteiger partial charge in [0.05, 0.1) is 5.69 Å². The fourth-order valence-corrected chi connectivity index (χ4v) is 2.97. The first-order chi connectivity index (χ1) is 7.61. The third kappa shape index (κ3) is 2.25. The molecule has 4 heteroatoms. The zero-order valence-corrected chi connectivity index (χ0v) is 11.0. The molecule has 1 aliphatic rings. The molecule has 1 N–H and O–H groups in total. The van der Waals surface area contributed by atoms with Crippen LogP contribution in [0, 0.1) is 12.8 Å². The van der Waals surface area contributed by atoms with Gasteiger partial charge in [-0.1, -0.05) is 11.6 Å². The van der Waals surface area contributed by atoms with Gasteiger partial charge in [-0.15, -0.1) is 0 Å². The summed E-state index contributed by atoms with van der Waals surface area (Å²) in [6.45, 7) is 2.05. The molecule has 1 fully saturated rings. The van der Waals surface area contributed by atoms with Gasteiger partial charge < -0.3 is 5.32 Å². The summed E-state index contributed by atoms with van der Waals surface area (Å²) >= 11 is 6.25. The van der Waals surface area contributed by atoms with Gasteiger partial charge in [0.2, 0.25) is 0 Å². The second kappa shape index (κ2) is 4.76. The highest BCUT2D eigenvalue weighted by atomic mass is 35.5. The summed E-state index contributed by atoms with van der Waals surface area (Å²) in [6.07, 6.45) is 4.94. The van der Waals surface area contributed by atoms with Crippen LogP contribution in [0.4, 0.5) is 0 Å². The van der Waals surface area contributed by atoms with Crippen LogP contribution in [-0.2, 0) is 13.5 Å². The number of halogens is 1. The first-order valence-corrected chi connectivity index (χ1v) is 6.34. The van der Waals surface area contributed by atoms with Gasteiger partial charge in [-0.3, -0.25) is 4.68 Å². The van der Waals surface area contributed by atoms with Gasteiger partial charge in [-0.2, -0.15) is 5.10 Å². The van der Waals surface area contributed by atoms with Gasteiger partial charge in [0.1, 0.15) is 5.15 Å². The maximum absolute atomic E-state index is 6.25. The molecule has 1 aliphatic carbocycles. The summed E-state index contributed by atoms with van der Waals surface area (Å²) in [4.78, 5) is 0. The maximum atomic E-state index is 6.25. The van der Waals surface area contributed by atoms with Gasteiger partial charge in [0.15, 0.2) is 0 Å². The molecule has 1 heterocycles. The number of aryl methyl sites for hydroxylation is 2. The Morgan fingerprint density at radius 1 is 1.50 bits per heavy atom. The molecular formula is C12H20ClN3. The quantitative estimate of drug-likeness (QED) is 0.880. The Hall–Kier alpha value is -0.540. The topological polar surface area (TPSA) is 29.9 Å². The lowest BCUT2D eigenvalue weighted by atomic mass is 9.98. The molecule has 90 valence electrons. The number of aromatic nitrogens is 2. The predicted molar refractivity (Wildman–Crippen MR) is 66.8 cm³/mol. The van der Waals surface area contributed by atoms with Gasteiger partial charge in [-0.25, -0.2) is 0 Å². The summed E-state index contributed by atoms with van der Waals surface area (Å²) in [5.41, 5.74) is 2.33. The fourth-order valence-electron chi connectivity index (χ4n) is 2.72. The van der Waals surface area contributed by atoms with Crippen LogP contribution >= 0.6 is 11.6 Å². The molecule has 2 unspecified atom stereocenters. The van der Waals surface area contributed by atoms with E-state index in [2.05, 4.69) is 17.5 Å². The van der Waals surface area contributed by atoms with E-state index in [0.717, 1.165) is 23.2 Å². The van der Waals surface area contributed by atoms with Crippen molar-refractivity contribution in [3.8, 4) is 0 Å². The minimum atomic E-state index is 0.695. The summed E-state index contributed by atoms with van der Waals surface area (Å²) < 4.78 is 1.77. The largest absolute Gasteiger partial charge is 0.317 e. The van der Waals surface area contributed by atoms with Crippen molar-refractivity contribution in [1.82, 2.24) is 15.1 Å². The molecule has 3 nitrogen and oxygen atoms in total. The molecule has 2 atom stereocenters. The molecule has 0 radical (unpaired) electrons. The summed E-state index contributed by atoms with van der Waals surface area (Å²) in [7, 11) is 3.96. The SMILES string of the molecule is CNC1CCC(Cc2c(C)nn(C)c2Cl)C1. The zero-order chi connectivity index (χ0) is 11.7. The number of nitrogens with zero attached hydrogens (tertiary/aromatic N) is 2. The molecule has 1 saturated carbocycles. The predicted octanol–water partition coefficient (Wildman–Crippen LogP) is 2.31. The Kier molecular flexibility index (Phi) is 3.55. The highest BCUT2D eigenvalue weighted by Gasteiger charge is 2.25. The summed E-state index contributed by atoms with van der Waals surface area (Å²) in [6, 6.07) is 0.695. The van der Waals surface area contributed by atoms with E-state index in [0.29, 0.717) is 6.04 Å². The van der Waals surface area contributed by atoms with Crippen molar-refractivity contribution in [3.63, 3.8) is 0 Å². The third-order valence-corrected chi connectivity index (χ3v) is 4.18. The number of nitrogens with one attached hydrogen (secondary N) is 1.